The predicted octanol–water partition coefficient (Wildman–Crippen LogP) is 3.21. The van der Waals surface area contributed by atoms with E-state index in [0.29, 0.717) is 6.04 Å². The molecule has 0 aromatic heterocycles. The first-order chi connectivity index (χ1) is 9.16. The van der Waals surface area contributed by atoms with Gasteiger partial charge < -0.3 is 5.32 Å². The maximum absolute atomic E-state index is 3.51. The average molecular weight is 260 g/mol. The molecule has 106 valence electrons. The molecule has 1 saturated carbocycles. The van der Waals surface area contributed by atoms with E-state index in [9.17, 15) is 0 Å². The molecule has 0 amide bonds. The third-order valence-electron chi connectivity index (χ3n) is 4.18. The van der Waals surface area contributed by atoms with E-state index in [1.807, 2.05) is 0 Å². The lowest BCUT2D eigenvalue weighted by Crippen LogP contribution is -2.36. The Kier molecular flexibility index (Phi) is 5.41. The summed E-state index contributed by atoms with van der Waals surface area (Å²) >= 11 is 0. The van der Waals surface area contributed by atoms with Crippen molar-refractivity contribution in [1.82, 2.24) is 10.2 Å². The van der Waals surface area contributed by atoms with Crippen molar-refractivity contribution in [2.75, 3.05) is 13.6 Å². The van der Waals surface area contributed by atoms with Gasteiger partial charge in [0.1, 0.15) is 0 Å². The Bertz CT molecular complexity index is 383. The molecule has 0 aliphatic heterocycles. The second-order valence-corrected chi connectivity index (χ2v) is 6.13. The summed E-state index contributed by atoms with van der Waals surface area (Å²) in [4.78, 5) is 2.53. The highest BCUT2D eigenvalue weighted by Crippen LogP contribution is 2.25. The van der Waals surface area contributed by atoms with Crippen LogP contribution in [0.5, 0.6) is 0 Å². The van der Waals surface area contributed by atoms with Crippen molar-refractivity contribution in [3.8, 4) is 0 Å². The van der Waals surface area contributed by atoms with Crippen molar-refractivity contribution < 1.29 is 0 Å². The molecule has 1 aromatic rings. The van der Waals surface area contributed by atoms with E-state index < -0.39 is 0 Å². The van der Waals surface area contributed by atoms with Gasteiger partial charge >= 0.3 is 0 Å². The summed E-state index contributed by atoms with van der Waals surface area (Å²) in [5.74, 6) is 0. The highest BCUT2D eigenvalue weighted by Gasteiger charge is 2.22. The van der Waals surface area contributed by atoms with Gasteiger partial charge in [-0.15, -0.1) is 0 Å². The molecule has 19 heavy (non-hydrogen) atoms. The van der Waals surface area contributed by atoms with Crippen LogP contribution in [0.4, 0.5) is 0 Å². The smallest absolute Gasteiger partial charge is 0.0236 e. The largest absolute Gasteiger partial charge is 0.314 e. The first-order valence-electron chi connectivity index (χ1n) is 7.67. The van der Waals surface area contributed by atoms with Crippen LogP contribution >= 0.6 is 0 Å². The van der Waals surface area contributed by atoms with Crippen molar-refractivity contribution in [3.05, 3.63) is 35.4 Å². The fraction of sp³-hybridized carbons (Fsp3) is 0.647. The van der Waals surface area contributed by atoms with Gasteiger partial charge in [0, 0.05) is 18.6 Å². The third-order valence-corrected chi connectivity index (χ3v) is 4.18. The van der Waals surface area contributed by atoms with Crippen LogP contribution in [0, 0.1) is 0 Å². The fourth-order valence-corrected chi connectivity index (χ4v) is 2.68. The van der Waals surface area contributed by atoms with Gasteiger partial charge in [-0.25, -0.2) is 0 Å². The van der Waals surface area contributed by atoms with Crippen LogP contribution < -0.4 is 5.32 Å². The zero-order valence-corrected chi connectivity index (χ0v) is 12.7. The molecule has 2 rings (SSSR count). The van der Waals surface area contributed by atoms with Crippen molar-refractivity contribution in [3.63, 3.8) is 0 Å². The minimum atomic E-state index is 0.574. The lowest BCUT2D eigenvalue weighted by molar-refractivity contribution is 0.152. The molecule has 0 radical (unpaired) electrons. The van der Waals surface area contributed by atoms with Gasteiger partial charge in [-0.2, -0.15) is 0 Å². The second-order valence-electron chi connectivity index (χ2n) is 6.13. The summed E-state index contributed by atoms with van der Waals surface area (Å²) in [6.45, 7) is 6.58. The van der Waals surface area contributed by atoms with E-state index in [1.54, 1.807) is 0 Å². The van der Waals surface area contributed by atoms with Crippen LogP contribution in [0.25, 0.3) is 0 Å². The van der Waals surface area contributed by atoms with Crippen molar-refractivity contribution >= 4 is 0 Å². The van der Waals surface area contributed by atoms with Crippen LogP contribution in [-0.2, 0) is 13.0 Å². The van der Waals surface area contributed by atoms with Crippen LogP contribution in [0.15, 0.2) is 24.3 Å². The topological polar surface area (TPSA) is 15.3 Å². The van der Waals surface area contributed by atoms with E-state index in [0.717, 1.165) is 25.6 Å². The molecule has 0 saturated heterocycles. The Morgan fingerprint density at radius 1 is 1.21 bits per heavy atom. The van der Waals surface area contributed by atoms with Gasteiger partial charge in [0.15, 0.2) is 0 Å². The summed E-state index contributed by atoms with van der Waals surface area (Å²) in [7, 11) is 2.27. The average Bonchev–Trinajstić information content (AvgIpc) is 2.28. The minimum absolute atomic E-state index is 0.574. The normalized spacial score (nSPS) is 16.1. The van der Waals surface area contributed by atoms with Crippen LogP contribution in [0.1, 0.15) is 44.2 Å². The molecule has 2 heteroatoms. The van der Waals surface area contributed by atoms with Crippen molar-refractivity contribution in [1.29, 1.82) is 0 Å². The van der Waals surface area contributed by atoms with Gasteiger partial charge in [0.25, 0.3) is 0 Å². The Balaban J connectivity index is 1.91. The Labute approximate surface area is 118 Å². The van der Waals surface area contributed by atoms with E-state index in [1.165, 1.54) is 30.4 Å². The van der Waals surface area contributed by atoms with Gasteiger partial charge in [0.05, 0.1) is 0 Å². The summed E-state index contributed by atoms with van der Waals surface area (Å²) < 4.78 is 0. The summed E-state index contributed by atoms with van der Waals surface area (Å²) in [6.07, 6.45) is 5.31. The molecule has 1 fully saturated rings. The molecule has 0 spiro atoms. The molecule has 2 nitrogen and oxygen atoms in total. The summed E-state index contributed by atoms with van der Waals surface area (Å²) in [5, 5.41) is 3.51. The fourth-order valence-electron chi connectivity index (χ4n) is 2.68. The van der Waals surface area contributed by atoms with Crippen LogP contribution in [0.2, 0.25) is 0 Å². The Morgan fingerprint density at radius 3 is 2.47 bits per heavy atom. The number of hydrogen-bond acceptors (Lipinski definition) is 2. The highest BCUT2D eigenvalue weighted by atomic mass is 15.1. The maximum atomic E-state index is 3.51. The van der Waals surface area contributed by atoms with Gasteiger partial charge in [0.2, 0.25) is 0 Å². The molecule has 0 bridgehead atoms. The SMILES string of the molecule is CC(C)NCCc1ccccc1CN(C)C1CCC1. The number of nitrogens with zero attached hydrogens (tertiary/aromatic N) is 1. The van der Waals surface area contributed by atoms with Gasteiger partial charge in [-0.05, 0) is 44.0 Å². The number of nitrogens with one attached hydrogen (secondary N) is 1. The monoisotopic (exact) mass is 260 g/mol. The number of benzene rings is 1. The standard InChI is InChI=1S/C17H28N2/c1-14(2)18-12-11-15-7-4-5-8-16(15)13-19(3)17-9-6-10-17/h4-5,7-8,14,17-18H,6,9-13H2,1-3H3. The molecule has 0 atom stereocenters. The quantitative estimate of drug-likeness (QED) is 0.810. The van der Waals surface area contributed by atoms with E-state index >= 15 is 0 Å². The van der Waals surface area contributed by atoms with Crippen LogP contribution in [0.3, 0.4) is 0 Å². The zero-order chi connectivity index (χ0) is 13.7. The highest BCUT2D eigenvalue weighted by molar-refractivity contribution is 5.27. The van der Waals surface area contributed by atoms with E-state index in [-0.39, 0.29) is 0 Å². The number of hydrogen-bond donors (Lipinski definition) is 1. The van der Waals surface area contributed by atoms with Crippen LogP contribution in [-0.4, -0.2) is 30.6 Å². The van der Waals surface area contributed by atoms with Gasteiger partial charge in [-0.3, -0.25) is 4.90 Å². The van der Waals surface area contributed by atoms with E-state index in [4.69, 9.17) is 0 Å². The molecular weight excluding hydrogens is 232 g/mol. The van der Waals surface area contributed by atoms with Crippen molar-refractivity contribution in [2.45, 2.75) is 58.2 Å². The maximum Gasteiger partial charge on any atom is 0.0236 e. The summed E-state index contributed by atoms with van der Waals surface area (Å²) in [6, 6.07) is 10.3. The molecule has 0 heterocycles. The van der Waals surface area contributed by atoms with E-state index in [2.05, 4.69) is 55.4 Å². The second kappa shape index (κ2) is 7.06. The lowest BCUT2D eigenvalue weighted by atomic mass is 9.91. The molecule has 1 aliphatic rings. The summed E-state index contributed by atoms with van der Waals surface area (Å²) in [5.41, 5.74) is 3.00. The third kappa shape index (κ3) is 4.32. The minimum Gasteiger partial charge on any atom is -0.314 e. The van der Waals surface area contributed by atoms with Crippen molar-refractivity contribution in [2.24, 2.45) is 0 Å². The first-order valence-corrected chi connectivity index (χ1v) is 7.67. The number of rotatable bonds is 7. The molecular formula is C17H28N2. The molecule has 1 aliphatic carbocycles. The Morgan fingerprint density at radius 2 is 1.89 bits per heavy atom. The van der Waals surface area contributed by atoms with Gasteiger partial charge in [-0.1, -0.05) is 44.5 Å². The zero-order valence-electron chi connectivity index (χ0n) is 12.7. The molecule has 1 aromatic carbocycles. The molecule has 0 unspecified atom stereocenters. The Hall–Kier alpha value is -0.860. The first kappa shape index (κ1) is 14.5. The lowest BCUT2D eigenvalue weighted by Gasteiger charge is -2.35. The molecule has 1 N–H and O–H groups in total. The predicted molar refractivity (Wildman–Crippen MR) is 82.4 cm³/mol.